The van der Waals surface area contributed by atoms with Gasteiger partial charge in [-0.15, -0.1) is 0 Å². The van der Waals surface area contributed by atoms with Crippen LogP contribution in [0.3, 0.4) is 0 Å². The van der Waals surface area contributed by atoms with Crippen molar-refractivity contribution in [2.24, 2.45) is 0 Å². The molecule has 1 aliphatic rings. The van der Waals surface area contributed by atoms with E-state index in [9.17, 15) is 9.59 Å². The summed E-state index contributed by atoms with van der Waals surface area (Å²) in [6, 6.07) is 0.0000525. The molecule has 5 heteroatoms. The van der Waals surface area contributed by atoms with E-state index in [-0.39, 0.29) is 17.9 Å². The molecule has 0 saturated carbocycles. The molecule has 1 N–H and O–H groups in total. The first-order chi connectivity index (χ1) is 8.65. The maximum atomic E-state index is 11.6. The lowest BCUT2D eigenvalue weighted by Crippen LogP contribution is -2.37. The SMILES string of the molecule is CCOC(=O)CCCCCNC1CCN(C)C1=O. The van der Waals surface area contributed by atoms with Gasteiger partial charge >= 0.3 is 5.97 Å². The molecule has 1 saturated heterocycles. The number of nitrogens with zero attached hydrogens (tertiary/aromatic N) is 1. The molecule has 0 aromatic heterocycles. The highest BCUT2D eigenvalue weighted by Crippen LogP contribution is 2.08. The summed E-state index contributed by atoms with van der Waals surface area (Å²) in [6.07, 6.45) is 4.24. The number of likely N-dealkylation sites (N-methyl/N-ethyl adjacent to an activating group) is 1. The molecule has 0 aromatic carbocycles. The van der Waals surface area contributed by atoms with Crippen molar-refractivity contribution in [3.8, 4) is 0 Å². The van der Waals surface area contributed by atoms with Gasteiger partial charge in [0.2, 0.25) is 5.91 Å². The van der Waals surface area contributed by atoms with E-state index in [1.165, 1.54) is 0 Å². The first-order valence-electron chi connectivity index (χ1n) is 6.79. The summed E-state index contributed by atoms with van der Waals surface area (Å²) in [7, 11) is 1.84. The van der Waals surface area contributed by atoms with Crippen LogP contribution in [0.15, 0.2) is 0 Å². The largest absolute Gasteiger partial charge is 0.466 e. The van der Waals surface area contributed by atoms with Crippen LogP contribution in [0.2, 0.25) is 0 Å². The van der Waals surface area contributed by atoms with E-state index in [1.807, 2.05) is 14.0 Å². The lowest BCUT2D eigenvalue weighted by molar-refractivity contribution is -0.143. The third-order valence-electron chi connectivity index (χ3n) is 3.18. The number of hydrogen-bond donors (Lipinski definition) is 1. The minimum Gasteiger partial charge on any atom is -0.466 e. The number of amides is 1. The van der Waals surface area contributed by atoms with Gasteiger partial charge < -0.3 is 15.0 Å². The molecule has 0 radical (unpaired) electrons. The van der Waals surface area contributed by atoms with Crippen LogP contribution >= 0.6 is 0 Å². The summed E-state index contributed by atoms with van der Waals surface area (Å²) in [5.74, 6) is 0.0829. The van der Waals surface area contributed by atoms with Crippen LogP contribution in [0.1, 0.15) is 39.0 Å². The van der Waals surface area contributed by atoms with Crippen molar-refractivity contribution in [1.82, 2.24) is 10.2 Å². The van der Waals surface area contributed by atoms with E-state index in [0.717, 1.165) is 38.8 Å². The predicted octanol–water partition coefficient (Wildman–Crippen LogP) is 0.930. The molecule has 1 amide bonds. The highest BCUT2D eigenvalue weighted by atomic mass is 16.5. The molecule has 1 unspecified atom stereocenters. The zero-order chi connectivity index (χ0) is 13.4. The van der Waals surface area contributed by atoms with Crippen LogP contribution in [0.25, 0.3) is 0 Å². The summed E-state index contributed by atoms with van der Waals surface area (Å²) in [5, 5.41) is 3.27. The van der Waals surface area contributed by atoms with Crippen LogP contribution in [-0.4, -0.2) is 49.6 Å². The molecule has 1 rings (SSSR count). The van der Waals surface area contributed by atoms with Crippen molar-refractivity contribution in [3.05, 3.63) is 0 Å². The van der Waals surface area contributed by atoms with Crippen LogP contribution in [0.4, 0.5) is 0 Å². The minimum absolute atomic E-state index is 0.0000525. The number of unbranched alkanes of at least 4 members (excludes halogenated alkanes) is 2. The number of hydrogen-bond acceptors (Lipinski definition) is 4. The van der Waals surface area contributed by atoms with E-state index in [1.54, 1.807) is 4.90 Å². The molecule has 0 bridgehead atoms. The van der Waals surface area contributed by atoms with Crippen LogP contribution in [0, 0.1) is 0 Å². The first-order valence-corrected chi connectivity index (χ1v) is 6.79. The summed E-state index contributed by atoms with van der Waals surface area (Å²) in [4.78, 5) is 24.4. The third kappa shape index (κ3) is 5.04. The molecule has 0 aromatic rings. The lowest BCUT2D eigenvalue weighted by atomic mass is 10.2. The van der Waals surface area contributed by atoms with Crippen molar-refractivity contribution >= 4 is 11.9 Å². The number of nitrogens with one attached hydrogen (secondary N) is 1. The van der Waals surface area contributed by atoms with Crippen molar-refractivity contribution in [2.45, 2.75) is 45.1 Å². The summed E-state index contributed by atoms with van der Waals surface area (Å²) >= 11 is 0. The van der Waals surface area contributed by atoms with Crippen molar-refractivity contribution < 1.29 is 14.3 Å². The Kier molecular flexibility index (Phi) is 6.72. The summed E-state index contributed by atoms with van der Waals surface area (Å²) < 4.78 is 4.85. The smallest absolute Gasteiger partial charge is 0.305 e. The maximum Gasteiger partial charge on any atom is 0.305 e. The number of ether oxygens (including phenoxy) is 1. The fourth-order valence-corrected chi connectivity index (χ4v) is 2.09. The standard InChI is InChI=1S/C13H24N2O3/c1-3-18-12(16)7-5-4-6-9-14-11-8-10-15(2)13(11)17/h11,14H,3-10H2,1-2H3. The normalized spacial score (nSPS) is 19.3. The fourth-order valence-electron chi connectivity index (χ4n) is 2.09. The number of rotatable bonds is 8. The second-order valence-electron chi connectivity index (χ2n) is 4.67. The van der Waals surface area contributed by atoms with Crippen LogP contribution in [-0.2, 0) is 14.3 Å². The van der Waals surface area contributed by atoms with Crippen molar-refractivity contribution in [3.63, 3.8) is 0 Å². The summed E-state index contributed by atoms with van der Waals surface area (Å²) in [6.45, 7) is 3.96. The number of likely N-dealkylation sites (tertiary alicyclic amines) is 1. The average Bonchev–Trinajstić information content (AvgIpc) is 2.65. The van der Waals surface area contributed by atoms with Gasteiger partial charge in [0.25, 0.3) is 0 Å². The molecule has 0 spiro atoms. The van der Waals surface area contributed by atoms with Gasteiger partial charge in [0.1, 0.15) is 0 Å². The Bertz CT molecular complexity index is 281. The molecule has 1 aliphatic heterocycles. The second-order valence-corrected chi connectivity index (χ2v) is 4.67. The molecular formula is C13H24N2O3. The number of carbonyl (C=O) groups excluding carboxylic acids is 2. The molecule has 104 valence electrons. The molecule has 1 heterocycles. The maximum absolute atomic E-state index is 11.6. The molecule has 0 aliphatic carbocycles. The van der Waals surface area contributed by atoms with Gasteiger partial charge in [0.05, 0.1) is 12.6 Å². The average molecular weight is 256 g/mol. The Hall–Kier alpha value is -1.10. The van der Waals surface area contributed by atoms with E-state index in [4.69, 9.17) is 4.74 Å². The van der Waals surface area contributed by atoms with Gasteiger partial charge in [0, 0.05) is 20.0 Å². The van der Waals surface area contributed by atoms with E-state index >= 15 is 0 Å². The highest BCUT2D eigenvalue weighted by molar-refractivity contribution is 5.83. The van der Waals surface area contributed by atoms with Crippen LogP contribution in [0.5, 0.6) is 0 Å². The first kappa shape index (κ1) is 15.0. The van der Waals surface area contributed by atoms with Gasteiger partial charge in [-0.25, -0.2) is 0 Å². The van der Waals surface area contributed by atoms with Gasteiger partial charge in [-0.2, -0.15) is 0 Å². The van der Waals surface area contributed by atoms with Gasteiger partial charge in [-0.3, -0.25) is 9.59 Å². The Balaban J connectivity index is 1.96. The quantitative estimate of drug-likeness (QED) is 0.518. The zero-order valence-corrected chi connectivity index (χ0v) is 11.4. The molecule has 1 atom stereocenters. The Labute approximate surface area is 109 Å². The Morgan fingerprint density at radius 1 is 1.44 bits per heavy atom. The van der Waals surface area contributed by atoms with Crippen molar-refractivity contribution in [2.75, 3.05) is 26.7 Å². The second kappa shape index (κ2) is 8.08. The third-order valence-corrected chi connectivity index (χ3v) is 3.18. The number of esters is 1. The monoisotopic (exact) mass is 256 g/mol. The fraction of sp³-hybridized carbons (Fsp3) is 0.846. The lowest BCUT2D eigenvalue weighted by Gasteiger charge is -2.11. The van der Waals surface area contributed by atoms with E-state index in [0.29, 0.717) is 13.0 Å². The number of carbonyl (C=O) groups is 2. The van der Waals surface area contributed by atoms with Gasteiger partial charge in [0.15, 0.2) is 0 Å². The van der Waals surface area contributed by atoms with Gasteiger partial charge in [-0.1, -0.05) is 6.42 Å². The van der Waals surface area contributed by atoms with E-state index in [2.05, 4.69) is 5.32 Å². The Morgan fingerprint density at radius 2 is 2.22 bits per heavy atom. The highest BCUT2D eigenvalue weighted by Gasteiger charge is 2.27. The minimum atomic E-state index is -0.113. The van der Waals surface area contributed by atoms with Gasteiger partial charge in [-0.05, 0) is 32.7 Å². The molecule has 1 fully saturated rings. The molecule has 18 heavy (non-hydrogen) atoms. The summed E-state index contributed by atoms with van der Waals surface area (Å²) in [5.41, 5.74) is 0. The van der Waals surface area contributed by atoms with E-state index < -0.39 is 0 Å². The van der Waals surface area contributed by atoms with Crippen LogP contribution < -0.4 is 5.32 Å². The Morgan fingerprint density at radius 3 is 2.83 bits per heavy atom. The van der Waals surface area contributed by atoms with Crippen molar-refractivity contribution in [1.29, 1.82) is 0 Å². The topological polar surface area (TPSA) is 58.6 Å². The predicted molar refractivity (Wildman–Crippen MR) is 69.1 cm³/mol. The zero-order valence-electron chi connectivity index (χ0n) is 11.4. The molecule has 5 nitrogen and oxygen atoms in total. The molecular weight excluding hydrogens is 232 g/mol.